The Bertz CT molecular complexity index is 729. The molecule has 0 aliphatic carbocycles. The lowest BCUT2D eigenvalue weighted by atomic mass is 10.0. The first-order chi connectivity index (χ1) is 9.83. The maximum Gasteiger partial charge on any atom is 0.330 e. The van der Waals surface area contributed by atoms with E-state index < -0.39 is 26.2 Å². The van der Waals surface area contributed by atoms with Crippen LogP contribution < -0.4 is 21.3 Å². The molecule has 1 aliphatic rings. The van der Waals surface area contributed by atoms with Gasteiger partial charge in [0.1, 0.15) is 0 Å². The van der Waals surface area contributed by atoms with Gasteiger partial charge in [0, 0.05) is 26.8 Å². The van der Waals surface area contributed by atoms with Crippen molar-refractivity contribution in [3.8, 4) is 0 Å². The molecule has 2 heterocycles. The summed E-state index contributed by atoms with van der Waals surface area (Å²) in [7, 11) is -1.26. The fourth-order valence-electron chi connectivity index (χ4n) is 2.36. The van der Waals surface area contributed by atoms with E-state index in [1.807, 2.05) is 0 Å². The second-order valence-electron chi connectivity index (χ2n) is 5.32. The van der Waals surface area contributed by atoms with E-state index in [4.69, 9.17) is 0 Å². The van der Waals surface area contributed by atoms with Gasteiger partial charge in [0.25, 0.3) is 5.56 Å². The van der Waals surface area contributed by atoms with Gasteiger partial charge < -0.3 is 9.88 Å². The Balaban J connectivity index is 2.23. The number of piperidine rings is 1. The van der Waals surface area contributed by atoms with Crippen LogP contribution in [0.25, 0.3) is 0 Å². The molecule has 2 rings (SSSR count). The Labute approximate surface area is 122 Å². The van der Waals surface area contributed by atoms with Crippen molar-refractivity contribution in [3.05, 3.63) is 27.0 Å². The van der Waals surface area contributed by atoms with Gasteiger partial charge in [-0.25, -0.2) is 17.9 Å². The van der Waals surface area contributed by atoms with Gasteiger partial charge in [-0.2, -0.15) is 0 Å². The van der Waals surface area contributed by atoms with Crippen LogP contribution in [-0.4, -0.2) is 37.2 Å². The largest absolute Gasteiger partial charge is 0.330 e. The van der Waals surface area contributed by atoms with Crippen molar-refractivity contribution in [2.75, 3.05) is 19.6 Å². The molecule has 1 saturated heterocycles. The van der Waals surface area contributed by atoms with E-state index in [1.54, 1.807) is 0 Å². The number of nitrogens with one attached hydrogen (secondary N) is 2. The second-order valence-corrected chi connectivity index (χ2v) is 7.05. The average Bonchev–Trinajstić information content (AvgIpc) is 2.48. The first-order valence-corrected chi connectivity index (χ1v) is 8.28. The molecule has 8 nitrogen and oxygen atoms in total. The molecule has 1 aliphatic heterocycles. The highest BCUT2D eigenvalue weighted by Crippen LogP contribution is 2.09. The van der Waals surface area contributed by atoms with Crippen LogP contribution in [0.15, 0.2) is 20.7 Å². The monoisotopic (exact) mass is 316 g/mol. The van der Waals surface area contributed by atoms with Crippen LogP contribution in [-0.2, 0) is 24.1 Å². The predicted molar refractivity (Wildman–Crippen MR) is 77.7 cm³/mol. The Hall–Kier alpha value is -1.45. The summed E-state index contributed by atoms with van der Waals surface area (Å²) in [5.41, 5.74) is -1.37. The van der Waals surface area contributed by atoms with Gasteiger partial charge in [-0.1, -0.05) is 0 Å². The summed E-state index contributed by atoms with van der Waals surface area (Å²) < 4.78 is 28.8. The van der Waals surface area contributed by atoms with Crippen molar-refractivity contribution in [2.45, 2.75) is 17.7 Å². The molecule has 0 amide bonds. The molecule has 0 bridgehead atoms. The second kappa shape index (κ2) is 6.12. The molecule has 2 N–H and O–H groups in total. The molecule has 1 aromatic heterocycles. The molecule has 1 unspecified atom stereocenters. The van der Waals surface area contributed by atoms with Crippen LogP contribution >= 0.6 is 0 Å². The standard InChI is InChI=1S/C12H20N4O4S/c1-15-8-10(11(17)16(2)12(15)18)21(19,20)14-7-9-4-3-5-13-6-9/h8-9,13-14H,3-7H2,1-2H3. The van der Waals surface area contributed by atoms with Crippen molar-refractivity contribution in [1.82, 2.24) is 19.2 Å². The van der Waals surface area contributed by atoms with Crippen molar-refractivity contribution in [3.63, 3.8) is 0 Å². The highest BCUT2D eigenvalue weighted by molar-refractivity contribution is 7.89. The molecule has 118 valence electrons. The van der Waals surface area contributed by atoms with Crippen molar-refractivity contribution >= 4 is 10.0 Å². The summed E-state index contributed by atoms with van der Waals surface area (Å²) in [6.45, 7) is 1.99. The van der Waals surface area contributed by atoms with Crippen molar-refractivity contribution < 1.29 is 8.42 Å². The van der Waals surface area contributed by atoms with E-state index in [0.29, 0.717) is 0 Å². The number of rotatable bonds is 4. The van der Waals surface area contributed by atoms with Gasteiger partial charge in [-0.3, -0.25) is 9.36 Å². The maximum absolute atomic E-state index is 12.3. The minimum atomic E-state index is -3.92. The molecule has 1 atom stereocenters. The molecular formula is C12H20N4O4S. The summed E-state index contributed by atoms with van der Waals surface area (Å²) in [5.74, 6) is 0.213. The number of sulfonamides is 1. The molecule has 1 fully saturated rings. The normalized spacial score (nSPS) is 19.6. The van der Waals surface area contributed by atoms with E-state index in [0.717, 1.165) is 41.3 Å². The summed E-state index contributed by atoms with van der Waals surface area (Å²) in [5, 5.41) is 3.20. The quantitative estimate of drug-likeness (QED) is 0.694. The summed E-state index contributed by atoms with van der Waals surface area (Å²) in [6, 6.07) is 0. The minimum Gasteiger partial charge on any atom is -0.316 e. The van der Waals surface area contributed by atoms with Gasteiger partial charge in [0.05, 0.1) is 0 Å². The van der Waals surface area contributed by atoms with Crippen LogP contribution in [0.2, 0.25) is 0 Å². The van der Waals surface area contributed by atoms with Gasteiger partial charge >= 0.3 is 5.69 Å². The molecule has 0 spiro atoms. The number of aryl methyl sites for hydroxylation is 1. The Morgan fingerprint density at radius 3 is 2.71 bits per heavy atom. The van der Waals surface area contributed by atoms with Gasteiger partial charge in [-0.05, 0) is 31.8 Å². The number of hydrogen-bond donors (Lipinski definition) is 2. The lowest BCUT2D eigenvalue weighted by Gasteiger charge is -2.22. The highest BCUT2D eigenvalue weighted by Gasteiger charge is 2.23. The van der Waals surface area contributed by atoms with E-state index in [-0.39, 0.29) is 12.5 Å². The third-order valence-electron chi connectivity index (χ3n) is 3.67. The lowest BCUT2D eigenvalue weighted by molar-refractivity contribution is 0.375. The van der Waals surface area contributed by atoms with Crippen LogP contribution in [0.4, 0.5) is 0 Å². The van der Waals surface area contributed by atoms with Crippen molar-refractivity contribution in [2.24, 2.45) is 20.0 Å². The van der Waals surface area contributed by atoms with Gasteiger partial charge in [-0.15, -0.1) is 0 Å². The number of aromatic nitrogens is 2. The van der Waals surface area contributed by atoms with E-state index in [1.165, 1.54) is 14.1 Å². The zero-order chi connectivity index (χ0) is 15.6. The fraction of sp³-hybridized carbons (Fsp3) is 0.667. The number of nitrogens with zero attached hydrogens (tertiary/aromatic N) is 2. The predicted octanol–water partition coefficient (Wildman–Crippen LogP) is -1.64. The lowest BCUT2D eigenvalue weighted by Crippen LogP contribution is -2.43. The van der Waals surface area contributed by atoms with E-state index in [2.05, 4.69) is 10.0 Å². The molecule has 0 saturated carbocycles. The Morgan fingerprint density at radius 2 is 2.10 bits per heavy atom. The fourth-order valence-corrected chi connectivity index (χ4v) is 3.64. The van der Waals surface area contributed by atoms with Crippen LogP contribution in [0.1, 0.15) is 12.8 Å². The zero-order valence-electron chi connectivity index (χ0n) is 12.1. The van der Waals surface area contributed by atoms with Crippen LogP contribution in [0.5, 0.6) is 0 Å². The smallest absolute Gasteiger partial charge is 0.316 e. The summed E-state index contributed by atoms with van der Waals surface area (Å²) in [6.07, 6.45) is 3.01. The van der Waals surface area contributed by atoms with Crippen molar-refractivity contribution in [1.29, 1.82) is 0 Å². The molecular weight excluding hydrogens is 296 g/mol. The Kier molecular flexibility index (Phi) is 4.64. The molecule has 1 aromatic rings. The third-order valence-corrected chi connectivity index (χ3v) is 5.07. The van der Waals surface area contributed by atoms with E-state index in [9.17, 15) is 18.0 Å². The SMILES string of the molecule is Cn1cc(S(=O)(=O)NCC2CCCNC2)c(=O)n(C)c1=O. The van der Waals surface area contributed by atoms with Crippen LogP contribution in [0.3, 0.4) is 0 Å². The highest BCUT2D eigenvalue weighted by atomic mass is 32.2. The molecule has 9 heteroatoms. The topological polar surface area (TPSA) is 102 Å². The first-order valence-electron chi connectivity index (χ1n) is 6.80. The molecule has 0 radical (unpaired) electrons. The van der Waals surface area contributed by atoms with Crippen LogP contribution in [0, 0.1) is 5.92 Å². The third kappa shape index (κ3) is 3.42. The minimum absolute atomic E-state index is 0.213. The van der Waals surface area contributed by atoms with Gasteiger partial charge in [0.15, 0.2) is 4.90 Å². The summed E-state index contributed by atoms with van der Waals surface area (Å²) in [4.78, 5) is 23.1. The summed E-state index contributed by atoms with van der Waals surface area (Å²) >= 11 is 0. The molecule has 21 heavy (non-hydrogen) atoms. The maximum atomic E-state index is 12.3. The molecule has 0 aromatic carbocycles. The number of hydrogen-bond acceptors (Lipinski definition) is 5. The van der Waals surface area contributed by atoms with Gasteiger partial charge in [0.2, 0.25) is 10.0 Å². The first kappa shape index (κ1) is 15.9. The van der Waals surface area contributed by atoms with E-state index >= 15 is 0 Å². The Morgan fingerprint density at radius 1 is 1.38 bits per heavy atom. The average molecular weight is 316 g/mol. The zero-order valence-corrected chi connectivity index (χ0v) is 12.9.